The predicted octanol–water partition coefficient (Wildman–Crippen LogP) is -3.87. The molecule has 1 rings (SSSR count). The molecule has 7 N–H and O–H groups in total. The lowest BCUT2D eigenvalue weighted by atomic mass is 9.88. The molecule has 0 aromatic heterocycles. The first-order valence-corrected chi connectivity index (χ1v) is 6.18. The maximum absolute atomic E-state index is 11.1. The molecule has 1 amide bonds. The number of rotatable bonds is 5. The minimum absolute atomic E-state index is 0.598. The van der Waals surface area contributed by atoms with E-state index in [2.05, 4.69) is 5.32 Å². The third kappa shape index (κ3) is 3.87. The van der Waals surface area contributed by atoms with Crippen molar-refractivity contribution in [2.45, 2.75) is 49.6 Å². The second-order valence-electron chi connectivity index (χ2n) is 4.91. The van der Waals surface area contributed by atoms with Crippen LogP contribution in [0.25, 0.3) is 0 Å². The highest BCUT2D eigenvalue weighted by Gasteiger charge is 2.53. The normalized spacial score (nSPS) is 35.8. The van der Waals surface area contributed by atoms with Crippen LogP contribution in [-0.4, -0.2) is 85.4 Å². The molecule has 0 aromatic rings. The summed E-state index contributed by atoms with van der Waals surface area (Å²) in [7, 11) is 0. The highest BCUT2D eigenvalue weighted by Crippen LogP contribution is 2.30. The van der Waals surface area contributed by atoms with Crippen LogP contribution >= 0.6 is 0 Å². The maximum atomic E-state index is 11.1. The Bertz CT molecular complexity index is 403. The lowest BCUT2D eigenvalue weighted by Crippen LogP contribution is -2.67. The van der Waals surface area contributed by atoms with Crippen molar-refractivity contribution in [3.63, 3.8) is 0 Å². The number of carbonyl (C=O) groups is 2. The van der Waals surface area contributed by atoms with Gasteiger partial charge in [0.15, 0.2) is 0 Å². The van der Waals surface area contributed by atoms with E-state index in [4.69, 9.17) is 14.9 Å². The molecule has 0 radical (unpaired) electrons. The highest BCUT2D eigenvalue weighted by atomic mass is 16.7. The maximum Gasteiger partial charge on any atom is 0.364 e. The number of carbonyl (C=O) groups excluding carboxylic acids is 1. The molecule has 1 heterocycles. The molecule has 0 aliphatic carbocycles. The molecule has 10 heteroatoms. The quantitative estimate of drug-likeness (QED) is 0.268. The molecule has 2 unspecified atom stereocenters. The second kappa shape index (κ2) is 6.64. The zero-order chi connectivity index (χ0) is 16.4. The van der Waals surface area contributed by atoms with Gasteiger partial charge in [-0.2, -0.15) is 0 Å². The molecule has 1 aliphatic rings. The summed E-state index contributed by atoms with van der Waals surface area (Å²) in [6, 6.07) is -1.27. The first-order chi connectivity index (χ1) is 9.62. The van der Waals surface area contributed by atoms with Crippen molar-refractivity contribution in [2.24, 2.45) is 0 Å². The Labute approximate surface area is 119 Å². The van der Waals surface area contributed by atoms with Gasteiger partial charge < -0.3 is 40.7 Å². The van der Waals surface area contributed by atoms with Gasteiger partial charge in [0.1, 0.15) is 18.3 Å². The molecule has 1 fully saturated rings. The van der Waals surface area contributed by atoms with E-state index >= 15 is 0 Å². The molecular formula is C11H19NO9. The number of ether oxygens (including phenoxy) is 1. The van der Waals surface area contributed by atoms with Crippen molar-refractivity contribution < 1.29 is 45.0 Å². The van der Waals surface area contributed by atoms with E-state index in [1.807, 2.05) is 0 Å². The summed E-state index contributed by atoms with van der Waals surface area (Å²) in [5.74, 6) is -5.17. The number of aliphatic hydroxyl groups is 5. The van der Waals surface area contributed by atoms with Crippen molar-refractivity contribution in [1.29, 1.82) is 0 Å². The third-order valence-electron chi connectivity index (χ3n) is 3.21. The SMILES string of the molecule is CC(=O)N[C@H]1C(O)C[C@@](O)(C(=O)O)OC1[C@@H](O)[C@@H](O)CO. The van der Waals surface area contributed by atoms with E-state index in [0.29, 0.717) is 0 Å². The molecule has 0 saturated carbocycles. The zero-order valence-corrected chi connectivity index (χ0v) is 11.2. The van der Waals surface area contributed by atoms with Crippen LogP contribution in [0.2, 0.25) is 0 Å². The van der Waals surface area contributed by atoms with Crippen molar-refractivity contribution >= 4 is 11.9 Å². The monoisotopic (exact) mass is 309 g/mol. The molecule has 21 heavy (non-hydrogen) atoms. The summed E-state index contributed by atoms with van der Waals surface area (Å²) < 4.78 is 4.86. The number of hydrogen-bond acceptors (Lipinski definition) is 8. The Morgan fingerprint density at radius 1 is 1.43 bits per heavy atom. The Morgan fingerprint density at radius 3 is 2.43 bits per heavy atom. The van der Waals surface area contributed by atoms with Gasteiger partial charge in [0.05, 0.1) is 18.8 Å². The number of aliphatic carboxylic acids is 1. The Kier molecular flexibility index (Phi) is 5.61. The first kappa shape index (κ1) is 17.8. The summed E-state index contributed by atoms with van der Waals surface area (Å²) >= 11 is 0. The lowest BCUT2D eigenvalue weighted by Gasteiger charge is -2.44. The fraction of sp³-hybridized carbons (Fsp3) is 0.818. The summed E-state index contributed by atoms with van der Waals surface area (Å²) in [5, 5.41) is 59.0. The van der Waals surface area contributed by atoms with E-state index in [1.54, 1.807) is 0 Å². The van der Waals surface area contributed by atoms with Gasteiger partial charge in [0.2, 0.25) is 5.91 Å². The molecule has 0 aromatic carbocycles. The van der Waals surface area contributed by atoms with Crippen LogP contribution in [-0.2, 0) is 14.3 Å². The minimum Gasteiger partial charge on any atom is -0.477 e. The van der Waals surface area contributed by atoms with Gasteiger partial charge in [0, 0.05) is 13.3 Å². The molecular weight excluding hydrogens is 290 g/mol. The molecule has 6 atom stereocenters. The number of nitrogens with one attached hydrogen (secondary N) is 1. The topological polar surface area (TPSA) is 177 Å². The van der Waals surface area contributed by atoms with Crippen LogP contribution in [0.5, 0.6) is 0 Å². The number of aliphatic hydroxyl groups excluding tert-OH is 4. The summed E-state index contributed by atoms with van der Waals surface area (Å²) in [5.41, 5.74) is 0. The highest BCUT2D eigenvalue weighted by molar-refractivity contribution is 5.76. The minimum atomic E-state index is -2.78. The Balaban J connectivity index is 3.07. The number of hydrogen-bond donors (Lipinski definition) is 7. The largest absolute Gasteiger partial charge is 0.477 e. The number of carboxylic acids is 1. The summed E-state index contributed by atoms with van der Waals surface area (Å²) in [6.45, 7) is 0.256. The van der Waals surface area contributed by atoms with E-state index < -0.39 is 61.1 Å². The zero-order valence-electron chi connectivity index (χ0n) is 11.2. The molecule has 10 nitrogen and oxygen atoms in total. The summed E-state index contributed by atoms with van der Waals surface area (Å²) in [4.78, 5) is 22.1. The first-order valence-electron chi connectivity index (χ1n) is 6.18. The lowest BCUT2D eigenvalue weighted by molar-refractivity contribution is -0.295. The van der Waals surface area contributed by atoms with Crippen LogP contribution in [0.4, 0.5) is 0 Å². The summed E-state index contributed by atoms with van der Waals surface area (Å²) in [6.07, 6.45) is -7.48. The van der Waals surface area contributed by atoms with Crippen molar-refractivity contribution in [3.8, 4) is 0 Å². The van der Waals surface area contributed by atoms with Crippen LogP contribution < -0.4 is 5.32 Å². The van der Waals surface area contributed by atoms with E-state index in [0.717, 1.165) is 6.92 Å². The van der Waals surface area contributed by atoms with Crippen molar-refractivity contribution in [3.05, 3.63) is 0 Å². The van der Waals surface area contributed by atoms with Gasteiger partial charge in [-0.05, 0) is 0 Å². The Morgan fingerprint density at radius 2 is 2.00 bits per heavy atom. The van der Waals surface area contributed by atoms with Crippen molar-refractivity contribution in [1.82, 2.24) is 5.32 Å². The van der Waals surface area contributed by atoms with Crippen LogP contribution in [0.3, 0.4) is 0 Å². The molecule has 1 aliphatic heterocycles. The van der Waals surface area contributed by atoms with Crippen molar-refractivity contribution in [2.75, 3.05) is 6.61 Å². The molecule has 0 bridgehead atoms. The van der Waals surface area contributed by atoms with E-state index in [9.17, 15) is 30.0 Å². The van der Waals surface area contributed by atoms with Gasteiger partial charge in [-0.25, -0.2) is 4.79 Å². The van der Waals surface area contributed by atoms with Gasteiger partial charge in [-0.3, -0.25) is 4.79 Å². The van der Waals surface area contributed by atoms with Gasteiger partial charge in [0.25, 0.3) is 5.79 Å². The second-order valence-corrected chi connectivity index (χ2v) is 4.91. The molecule has 0 spiro atoms. The van der Waals surface area contributed by atoms with Crippen LogP contribution in [0.1, 0.15) is 13.3 Å². The van der Waals surface area contributed by atoms with E-state index in [-0.39, 0.29) is 0 Å². The standard InChI is InChI=1S/C11H19NO9/c1-4(14)12-7-5(15)2-11(20,10(18)19)21-9(7)8(17)6(16)3-13/h5-9,13,15-17,20H,2-3H2,1H3,(H,12,14)(H,18,19)/t5?,6-,7-,8-,9?,11-/m0/s1. The third-order valence-corrected chi connectivity index (χ3v) is 3.21. The number of amides is 1. The average Bonchev–Trinajstić information content (AvgIpc) is 2.39. The van der Waals surface area contributed by atoms with Crippen LogP contribution in [0, 0.1) is 0 Å². The molecule has 122 valence electrons. The predicted molar refractivity (Wildman–Crippen MR) is 64.8 cm³/mol. The number of carboxylic acid groups (broad SMARTS) is 1. The van der Waals surface area contributed by atoms with Crippen LogP contribution in [0.15, 0.2) is 0 Å². The van der Waals surface area contributed by atoms with E-state index in [1.165, 1.54) is 0 Å². The van der Waals surface area contributed by atoms with Gasteiger partial charge in [-0.1, -0.05) is 0 Å². The Hall–Kier alpha value is -1.30. The average molecular weight is 309 g/mol. The van der Waals surface area contributed by atoms with Gasteiger partial charge >= 0.3 is 5.97 Å². The van der Waals surface area contributed by atoms with Gasteiger partial charge in [-0.15, -0.1) is 0 Å². The fourth-order valence-electron chi connectivity index (χ4n) is 2.14. The fourth-order valence-corrected chi connectivity index (χ4v) is 2.14. The smallest absolute Gasteiger partial charge is 0.364 e. The molecule has 1 saturated heterocycles.